The number of anilines is 1. The number of rotatable bonds is 12. The summed E-state index contributed by atoms with van der Waals surface area (Å²) in [5.41, 5.74) is 3.14. The summed E-state index contributed by atoms with van der Waals surface area (Å²) in [5.74, 6) is 0.632. The van der Waals surface area contributed by atoms with E-state index in [9.17, 15) is 13.2 Å². The topological polar surface area (TPSA) is 107 Å². The number of hydrogen-bond acceptors (Lipinski definition) is 7. The monoisotopic (exact) mass is 621 g/mol. The van der Waals surface area contributed by atoms with Crippen LogP contribution in [0.1, 0.15) is 5.56 Å². The molecular formula is C26H25BrClN3O6S. The fourth-order valence-electron chi connectivity index (χ4n) is 3.29. The summed E-state index contributed by atoms with van der Waals surface area (Å²) in [7, 11) is -1.17. The van der Waals surface area contributed by atoms with E-state index >= 15 is 0 Å². The lowest BCUT2D eigenvalue weighted by Gasteiger charge is -2.24. The summed E-state index contributed by atoms with van der Waals surface area (Å²) in [5, 5.41) is 4.16. The highest BCUT2D eigenvalue weighted by atomic mass is 79.9. The maximum atomic E-state index is 13.4. The molecule has 3 aromatic rings. The molecule has 0 aliphatic rings. The fourth-order valence-corrected chi connectivity index (χ4v) is 5.55. The van der Waals surface area contributed by atoms with Crippen LogP contribution in [-0.2, 0) is 14.8 Å². The maximum Gasteiger partial charge on any atom is 0.264 e. The molecule has 0 bridgehead atoms. The number of ether oxygens (including phenoxy) is 3. The summed E-state index contributed by atoms with van der Waals surface area (Å²) in [6, 6.07) is 15.6. The lowest BCUT2D eigenvalue weighted by molar-refractivity contribution is -0.119. The molecule has 0 saturated heterocycles. The summed E-state index contributed by atoms with van der Waals surface area (Å²) in [4.78, 5) is 12.8. The Kier molecular flexibility index (Phi) is 10.2. The minimum absolute atomic E-state index is 0.0129. The number of carbonyl (C=O) groups excluding carboxylic acids is 1. The van der Waals surface area contributed by atoms with E-state index in [4.69, 9.17) is 25.8 Å². The maximum absolute atomic E-state index is 13.4. The van der Waals surface area contributed by atoms with Gasteiger partial charge in [-0.25, -0.2) is 13.8 Å². The number of amides is 1. The number of hydrogen-bond donors (Lipinski definition) is 1. The Morgan fingerprint density at radius 2 is 1.82 bits per heavy atom. The smallest absolute Gasteiger partial charge is 0.264 e. The second kappa shape index (κ2) is 13.3. The van der Waals surface area contributed by atoms with Crippen LogP contribution in [0.4, 0.5) is 5.69 Å². The largest absolute Gasteiger partial charge is 0.495 e. The van der Waals surface area contributed by atoms with Gasteiger partial charge in [-0.3, -0.25) is 9.10 Å². The molecule has 9 nitrogen and oxygen atoms in total. The molecule has 3 rings (SSSR count). The molecule has 0 atom stereocenters. The van der Waals surface area contributed by atoms with Gasteiger partial charge in [-0.05, 0) is 64.0 Å². The number of benzene rings is 3. The van der Waals surface area contributed by atoms with E-state index in [1.54, 1.807) is 36.4 Å². The van der Waals surface area contributed by atoms with Crippen LogP contribution in [0.2, 0.25) is 5.02 Å². The third-order valence-electron chi connectivity index (χ3n) is 5.04. The van der Waals surface area contributed by atoms with Gasteiger partial charge in [0, 0.05) is 0 Å². The van der Waals surface area contributed by atoms with Gasteiger partial charge in [0.2, 0.25) is 0 Å². The Hall–Kier alpha value is -3.54. The first kappa shape index (κ1) is 29.0. The van der Waals surface area contributed by atoms with Crippen LogP contribution in [0.5, 0.6) is 17.2 Å². The van der Waals surface area contributed by atoms with Crippen LogP contribution >= 0.6 is 27.5 Å². The van der Waals surface area contributed by atoms with E-state index in [1.807, 2.05) is 0 Å². The summed E-state index contributed by atoms with van der Waals surface area (Å²) in [6.45, 7) is 3.36. The predicted molar refractivity (Wildman–Crippen MR) is 151 cm³/mol. The minimum atomic E-state index is -4.11. The van der Waals surface area contributed by atoms with Gasteiger partial charge in [0.1, 0.15) is 18.9 Å². The second-order valence-electron chi connectivity index (χ2n) is 7.57. The summed E-state index contributed by atoms with van der Waals surface area (Å²) < 4.78 is 44.6. The number of methoxy groups -OCH3 is 2. The van der Waals surface area contributed by atoms with Crippen molar-refractivity contribution < 1.29 is 27.4 Å². The van der Waals surface area contributed by atoms with E-state index in [1.165, 1.54) is 50.8 Å². The van der Waals surface area contributed by atoms with E-state index in [0.29, 0.717) is 33.9 Å². The molecule has 0 aliphatic carbocycles. The summed E-state index contributed by atoms with van der Waals surface area (Å²) in [6.07, 6.45) is 3.00. The second-order valence-corrected chi connectivity index (χ2v) is 10.7. The number of carbonyl (C=O) groups is 1. The molecule has 0 radical (unpaired) electrons. The average Bonchev–Trinajstić information content (AvgIpc) is 2.91. The zero-order chi connectivity index (χ0) is 27.7. The van der Waals surface area contributed by atoms with Gasteiger partial charge >= 0.3 is 0 Å². The van der Waals surface area contributed by atoms with Crippen molar-refractivity contribution in [3.63, 3.8) is 0 Å². The molecule has 1 amide bonds. The van der Waals surface area contributed by atoms with Crippen molar-refractivity contribution in [2.75, 3.05) is 31.7 Å². The molecule has 200 valence electrons. The lowest BCUT2D eigenvalue weighted by Crippen LogP contribution is -2.39. The first-order chi connectivity index (χ1) is 18.2. The van der Waals surface area contributed by atoms with Crippen LogP contribution in [0.25, 0.3) is 0 Å². The van der Waals surface area contributed by atoms with Gasteiger partial charge in [-0.15, -0.1) is 0 Å². The Labute approximate surface area is 234 Å². The number of hydrazone groups is 1. The predicted octanol–water partition coefficient (Wildman–Crippen LogP) is 5.03. The molecule has 38 heavy (non-hydrogen) atoms. The highest BCUT2D eigenvalue weighted by Gasteiger charge is 2.27. The first-order valence-corrected chi connectivity index (χ1v) is 13.7. The van der Waals surface area contributed by atoms with E-state index in [-0.39, 0.29) is 15.6 Å². The van der Waals surface area contributed by atoms with Crippen LogP contribution in [0.15, 0.2) is 87.8 Å². The molecule has 0 heterocycles. The number of halogens is 2. The fraction of sp³-hybridized carbons (Fsp3) is 0.154. The van der Waals surface area contributed by atoms with Gasteiger partial charge in [0.15, 0.2) is 11.5 Å². The van der Waals surface area contributed by atoms with Crippen molar-refractivity contribution >= 4 is 55.4 Å². The van der Waals surface area contributed by atoms with Gasteiger partial charge in [0.05, 0.1) is 40.5 Å². The number of nitrogens with one attached hydrogen (secondary N) is 1. The zero-order valence-corrected chi connectivity index (χ0v) is 23.7. The molecule has 0 saturated carbocycles. The molecule has 12 heteroatoms. The van der Waals surface area contributed by atoms with E-state index in [2.05, 4.69) is 33.0 Å². The van der Waals surface area contributed by atoms with Crippen LogP contribution < -0.4 is 23.9 Å². The Bertz CT molecular complexity index is 1430. The molecule has 0 unspecified atom stereocenters. The Balaban J connectivity index is 1.84. The molecular weight excluding hydrogens is 598 g/mol. The van der Waals surface area contributed by atoms with Crippen LogP contribution in [0, 0.1) is 0 Å². The van der Waals surface area contributed by atoms with Crippen molar-refractivity contribution in [2.24, 2.45) is 5.10 Å². The van der Waals surface area contributed by atoms with Gasteiger partial charge in [0.25, 0.3) is 15.9 Å². The van der Waals surface area contributed by atoms with Gasteiger partial charge in [-0.1, -0.05) is 42.5 Å². The van der Waals surface area contributed by atoms with Crippen molar-refractivity contribution in [1.29, 1.82) is 0 Å². The molecule has 0 spiro atoms. The zero-order valence-electron chi connectivity index (χ0n) is 20.6. The normalized spacial score (nSPS) is 11.2. The lowest BCUT2D eigenvalue weighted by atomic mass is 10.2. The molecule has 3 aromatic carbocycles. The third-order valence-corrected chi connectivity index (χ3v) is 7.71. The molecule has 0 fully saturated rings. The Morgan fingerprint density at radius 3 is 2.45 bits per heavy atom. The molecule has 1 N–H and O–H groups in total. The quantitative estimate of drug-likeness (QED) is 0.173. The van der Waals surface area contributed by atoms with Crippen molar-refractivity contribution in [3.05, 3.63) is 88.4 Å². The Morgan fingerprint density at radius 1 is 1.11 bits per heavy atom. The van der Waals surface area contributed by atoms with E-state index < -0.39 is 22.5 Å². The first-order valence-electron chi connectivity index (χ1n) is 11.1. The van der Waals surface area contributed by atoms with Crippen molar-refractivity contribution in [1.82, 2.24) is 5.43 Å². The van der Waals surface area contributed by atoms with Crippen molar-refractivity contribution in [2.45, 2.75) is 4.90 Å². The highest BCUT2D eigenvalue weighted by Crippen LogP contribution is 2.36. The molecule has 0 aromatic heterocycles. The van der Waals surface area contributed by atoms with Crippen molar-refractivity contribution in [3.8, 4) is 17.2 Å². The standard InChI is InChI=1S/C26H25BrClN3O6S/c1-4-12-37-26-21(27)13-18(14-24(26)36-3)16-29-30-25(32)17-31(19-10-11-23(35-2)22(28)15-19)38(33,34)20-8-6-5-7-9-20/h4-11,13-16H,1,12,17H2,2-3H3,(H,30,32)/b29-16-. The van der Waals surface area contributed by atoms with Gasteiger partial charge in [-0.2, -0.15) is 5.10 Å². The van der Waals surface area contributed by atoms with Crippen LogP contribution in [-0.4, -0.2) is 47.9 Å². The number of nitrogens with zero attached hydrogens (tertiary/aromatic N) is 2. The average molecular weight is 623 g/mol. The van der Waals surface area contributed by atoms with Gasteiger partial charge < -0.3 is 14.2 Å². The number of sulfonamides is 1. The SMILES string of the molecule is C=CCOc1c(Br)cc(/C=N\NC(=O)CN(c2ccc(OC)c(Cl)c2)S(=O)(=O)c2ccccc2)cc1OC. The highest BCUT2D eigenvalue weighted by molar-refractivity contribution is 9.10. The van der Waals surface area contributed by atoms with E-state index in [0.717, 1.165) is 4.31 Å². The molecule has 0 aliphatic heterocycles. The summed E-state index contributed by atoms with van der Waals surface area (Å²) >= 11 is 9.66. The van der Waals surface area contributed by atoms with Crippen LogP contribution in [0.3, 0.4) is 0 Å². The third kappa shape index (κ3) is 7.06. The minimum Gasteiger partial charge on any atom is -0.495 e.